The molecule has 0 amide bonds. The second kappa shape index (κ2) is 5.36. The molecule has 3 rings (SSSR count). The van der Waals surface area contributed by atoms with Gasteiger partial charge in [-0.3, -0.25) is 4.40 Å². The third-order valence-electron chi connectivity index (χ3n) is 3.28. The number of pyridine rings is 1. The second-order valence-corrected chi connectivity index (χ2v) is 4.76. The number of hydrogen-bond acceptors (Lipinski definition) is 4. The predicted molar refractivity (Wildman–Crippen MR) is 82.0 cm³/mol. The summed E-state index contributed by atoms with van der Waals surface area (Å²) >= 11 is 0. The van der Waals surface area contributed by atoms with E-state index >= 15 is 0 Å². The molecule has 3 aromatic rings. The van der Waals surface area contributed by atoms with E-state index in [9.17, 15) is 4.91 Å². The summed E-state index contributed by atoms with van der Waals surface area (Å²) in [5.74, 6) is 1.11. The Morgan fingerprint density at radius 2 is 2.00 bits per heavy atom. The minimum Gasteiger partial charge on any atom is -0.494 e. The SMILES string of the molecule is CCOc1ccc(-c2nc3cc(C)ccn3c2N=O)cc1. The zero-order chi connectivity index (χ0) is 14.8. The maximum atomic E-state index is 11.2. The summed E-state index contributed by atoms with van der Waals surface area (Å²) in [7, 11) is 0. The number of imidazole rings is 1. The van der Waals surface area contributed by atoms with Gasteiger partial charge in [-0.05, 0) is 61.0 Å². The van der Waals surface area contributed by atoms with Crippen LogP contribution in [0, 0.1) is 11.8 Å². The van der Waals surface area contributed by atoms with Crippen LogP contribution in [0.1, 0.15) is 12.5 Å². The maximum absolute atomic E-state index is 11.2. The summed E-state index contributed by atoms with van der Waals surface area (Å²) < 4.78 is 7.12. The van der Waals surface area contributed by atoms with Gasteiger partial charge in [0.15, 0.2) is 0 Å². The lowest BCUT2D eigenvalue weighted by Gasteiger charge is -2.03. The van der Waals surface area contributed by atoms with Crippen molar-refractivity contribution >= 4 is 11.5 Å². The molecular formula is C16H15N3O2. The van der Waals surface area contributed by atoms with Crippen molar-refractivity contribution in [1.82, 2.24) is 9.38 Å². The number of rotatable bonds is 4. The largest absolute Gasteiger partial charge is 0.494 e. The molecule has 2 heterocycles. The highest BCUT2D eigenvalue weighted by Gasteiger charge is 2.14. The van der Waals surface area contributed by atoms with Crippen LogP contribution in [0.2, 0.25) is 0 Å². The van der Waals surface area contributed by atoms with Crippen LogP contribution in [0.4, 0.5) is 5.82 Å². The van der Waals surface area contributed by atoms with Gasteiger partial charge in [-0.1, -0.05) is 0 Å². The normalized spacial score (nSPS) is 10.8. The topological polar surface area (TPSA) is 56.0 Å². The summed E-state index contributed by atoms with van der Waals surface area (Å²) in [6.07, 6.45) is 1.81. The highest BCUT2D eigenvalue weighted by molar-refractivity contribution is 5.75. The number of benzene rings is 1. The fourth-order valence-electron chi connectivity index (χ4n) is 2.29. The molecule has 2 aromatic heterocycles. The molecule has 0 unspecified atom stereocenters. The smallest absolute Gasteiger partial charge is 0.209 e. The molecule has 21 heavy (non-hydrogen) atoms. The average Bonchev–Trinajstić information content (AvgIpc) is 2.85. The Labute approximate surface area is 122 Å². The van der Waals surface area contributed by atoms with Gasteiger partial charge in [0.05, 0.1) is 6.61 Å². The van der Waals surface area contributed by atoms with Crippen molar-refractivity contribution in [3.63, 3.8) is 0 Å². The van der Waals surface area contributed by atoms with Crippen molar-refractivity contribution in [2.75, 3.05) is 6.61 Å². The molecule has 0 atom stereocenters. The van der Waals surface area contributed by atoms with Crippen molar-refractivity contribution in [2.24, 2.45) is 5.18 Å². The van der Waals surface area contributed by atoms with Crippen LogP contribution in [-0.2, 0) is 0 Å². The maximum Gasteiger partial charge on any atom is 0.209 e. The van der Waals surface area contributed by atoms with E-state index in [0.717, 1.165) is 16.9 Å². The molecule has 0 saturated carbocycles. The van der Waals surface area contributed by atoms with Gasteiger partial charge >= 0.3 is 0 Å². The fraction of sp³-hybridized carbons (Fsp3) is 0.188. The second-order valence-electron chi connectivity index (χ2n) is 4.76. The first-order chi connectivity index (χ1) is 10.2. The van der Waals surface area contributed by atoms with Gasteiger partial charge in [0.25, 0.3) is 0 Å². The summed E-state index contributed by atoms with van der Waals surface area (Å²) in [6, 6.07) is 11.3. The van der Waals surface area contributed by atoms with Crippen LogP contribution in [0.15, 0.2) is 47.8 Å². The number of nitrogens with zero attached hydrogens (tertiary/aromatic N) is 3. The molecule has 0 saturated heterocycles. The number of fused-ring (bicyclic) bond motifs is 1. The minimum absolute atomic E-state index is 0.314. The third kappa shape index (κ3) is 2.38. The molecule has 5 nitrogen and oxygen atoms in total. The first-order valence-electron chi connectivity index (χ1n) is 6.78. The summed E-state index contributed by atoms with van der Waals surface area (Å²) in [4.78, 5) is 15.7. The molecule has 0 aliphatic rings. The van der Waals surface area contributed by atoms with Crippen molar-refractivity contribution in [1.29, 1.82) is 0 Å². The van der Waals surface area contributed by atoms with Crippen LogP contribution < -0.4 is 4.74 Å². The molecule has 0 bridgehead atoms. The highest BCUT2D eigenvalue weighted by Crippen LogP contribution is 2.32. The number of aryl methyl sites for hydroxylation is 1. The summed E-state index contributed by atoms with van der Waals surface area (Å²) in [5.41, 5.74) is 3.23. The molecule has 5 heteroatoms. The Morgan fingerprint density at radius 1 is 1.24 bits per heavy atom. The van der Waals surface area contributed by atoms with Gasteiger partial charge in [-0.2, -0.15) is 0 Å². The van der Waals surface area contributed by atoms with Crippen molar-refractivity contribution in [2.45, 2.75) is 13.8 Å². The van der Waals surface area contributed by atoms with E-state index in [0.29, 0.717) is 23.8 Å². The van der Waals surface area contributed by atoms with Crippen LogP contribution in [-0.4, -0.2) is 16.0 Å². The fourth-order valence-corrected chi connectivity index (χ4v) is 2.29. The van der Waals surface area contributed by atoms with Crippen LogP contribution >= 0.6 is 0 Å². The molecule has 0 radical (unpaired) electrons. The molecule has 0 aliphatic heterocycles. The quantitative estimate of drug-likeness (QED) is 0.676. The van der Waals surface area contributed by atoms with Gasteiger partial charge in [-0.25, -0.2) is 4.98 Å². The number of aromatic nitrogens is 2. The lowest BCUT2D eigenvalue weighted by molar-refractivity contribution is 0.340. The van der Waals surface area contributed by atoms with Gasteiger partial charge in [0, 0.05) is 11.8 Å². The average molecular weight is 281 g/mol. The monoisotopic (exact) mass is 281 g/mol. The van der Waals surface area contributed by atoms with Gasteiger partial charge in [0.1, 0.15) is 17.1 Å². The van der Waals surface area contributed by atoms with Gasteiger partial charge in [-0.15, -0.1) is 4.91 Å². The lowest BCUT2D eigenvalue weighted by Crippen LogP contribution is -1.90. The molecular weight excluding hydrogens is 266 g/mol. The third-order valence-corrected chi connectivity index (χ3v) is 3.28. The van der Waals surface area contributed by atoms with Crippen LogP contribution in [0.5, 0.6) is 5.75 Å². The Morgan fingerprint density at radius 3 is 2.67 bits per heavy atom. The predicted octanol–water partition coefficient (Wildman–Crippen LogP) is 4.11. The number of nitroso groups, excluding NO2 is 1. The van der Waals surface area contributed by atoms with Crippen molar-refractivity contribution in [3.8, 4) is 17.0 Å². The molecule has 1 aromatic carbocycles. The molecule has 106 valence electrons. The number of hydrogen-bond donors (Lipinski definition) is 0. The van der Waals surface area contributed by atoms with Gasteiger partial charge < -0.3 is 4.74 Å². The minimum atomic E-state index is 0.314. The highest BCUT2D eigenvalue weighted by atomic mass is 16.5. The molecule has 0 spiro atoms. The van der Waals surface area contributed by atoms with Crippen LogP contribution in [0.25, 0.3) is 16.9 Å². The zero-order valence-electron chi connectivity index (χ0n) is 11.9. The van der Waals surface area contributed by atoms with E-state index in [1.165, 1.54) is 0 Å². The van der Waals surface area contributed by atoms with E-state index in [1.54, 1.807) is 4.40 Å². The first-order valence-corrected chi connectivity index (χ1v) is 6.78. The first kappa shape index (κ1) is 13.3. The van der Waals surface area contributed by atoms with Crippen LogP contribution in [0.3, 0.4) is 0 Å². The molecule has 0 N–H and O–H groups in total. The van der Waals surface area contributed by atoms with Crippen molar-refractivity contribution in [3.05, 3.63) is 53.1 Å². The Bertz CT molecular complexity index is 791. The standard InChI is InChI=1S/C16H15N3O2/c1-3-21-13-6-4-12(5-7-13)15-16(18-20)19-9-8-11(2)10-14(19)17-15/h4-10H,3H2,1-2H3. The molecule has 0 fully saturated rings. The zero-order valence-corrected chi connectivity index (χ0v) is 11.9. The van der Waals surface area contributed by atoms with E-state index in [4.69, 9.17) is 4.74 Å². The van der Waals surface area contributed by atoms with E-state index in [2.05, 4.69) is 10.2 Å². The van der Waals surface area contributed by atoms with Gasteiger partial charge in [0.2, 0.25) is 5.82 Å². The summed E-state index contributed by atoms with van der Waals surface area (Å²) in [6.45, 7) is 4.54. The number of ether oxygens (including phenoxy) is 1. The van der Waals surface area contributed by atoms with E-state index < -0.39 is 0 Å². The Balaban J connectivity index is 2.12. The van der Waals surface area contributed by atoms with E-state index in [-0.39, 0.29) is 0 Å². The van der Waals surface area contributed by atoms with Crippen molar-refractivity contribution < 1.29 is 4.74 Å². The Kier molecular flexibility index (Phi) is 3.39. The van der Waals surface area contributed by atoms with E-state index in [1.807, 2.05) is 56.4 Å². The molecule has 0 aliphatic carbocycles. The lowest BCUT2D eigenvalue weighted by atomic mass is 10.1. The Hall–Kier alpha value is -2.69. The summed E-state index contributed by atoms with van der Waals surface area (Å²) in [5, 5.41) is 3.14.